The van der Waals surface area contributed by atoms with Crippen LogP contribution in [0.15, 0.2) is 6.20 Å². The SMILES string of the molecule is CC(C)(C)OC(=O)N1CC(F)(Cn2ncc(Cl)c2C(=O)O)C1. The Morgan fingerprint density at radius 2 is 2.09 bits per heavy atom. The molecule has 1 aliphatic rings. The summed E-state index contributed by atoms with van der Waals surface area (Å²) in [6.07, 6.45) is 0.552. The molecule has 2 heterocycles. The van der Waals surface area contributed by atoms with Gasteiger partial charge in [0.2, 0.25) is 0 Å². The normalized spacial score (nSPS) is 17.0. The summed E-state index contributed by atoms with van der Waals surface area (Å²) in [5.41, 5.74) is -2.68. The molecule has 22 heavy (non-hydrogen) atoms. The van der Waals surface area contributed by atoms with Crippen LogP contribution in [-0.4, -0.2) is 56.2 Å². The van der Waals surface area contributed by atoms with Crippen molar-refractivity contribution in [3.63, 3.8) is 0 Å². The molecule has 2 rings (SSSR count). The Morgan fingerprint density at radius 3 is 2.59 bits per heavy atom. The summed E-state index contributed by atoms with van der Waals surface area (Å²) < 4.78 is 20.7. The van der Waals surface area contributed by atoms with Gasteiger partial charge in [-0.1, -0.05) is 11.6 Å². The highest BCUT2D eigenvalue weighted by atomic mass is 35.5. The third-order valence-corrected chi connectivity index (χ3v) is 3.31. The number of carbonyl (C=O) groups is 2. The average molecular weight is 334 g/mol. The predicted molar refractivity (Wildman–Crippen MR) is 75.8 cm³/mol. The number of amides is 1. The molecule has 7 nitrogen and oxygen atoms in total. The summed E-state index contributed by atoms with van der Waals surface area (Å²) in [7, 11) is 0. The van der Waals surface area contributed by atoms with E-state index in [1.54, 1.807) is 20.8 Å². The molecule has 1 amide bonds. The minimum Gasteiger partial charge on any atom is -0.476 e. The molecule has 1 aliphatic heterocycles. The molecular weight excluding hydrogens is 317 g/mol. The molecular formula is C13H17ClFN3O4. The van der Waals surface area contributed by atoms with E-state index in [9.17, 15) is 14.0 Å². The quantitative estimate of drug-likeness (QED) is 0.916. The van der Waals surface area contributed by atoms with Gasteiger partial charge in [0, 0.05) is 0 Å². The molecule has 1 N–H and O–H groups in total. The molecule has 1 aromatic rings. The van der Waals surface area contributed by atoms with E-state index >= 15 is 0 Å². The number of aromatic nitrogens is 2. The van der Waals surface area contributed by atoms with E-state index in [1.165, 1.54) is 4.90 Å². The second-order valence-electron chi connectivity index (χ2n) is 6.29. The maximum Gasteiger partial charge on any atom is 0.410 e. The topological polar surface area (TPSA) is 84.7 Å². The number of likely N-dealkylation sites (tertiary alicyclic amines) is 1. The minimum atomic E-state index is -1.75. The highest BCUT2D eigenvalue weighted by Gasteiger charge is 2.48. The summed E-state index contributed by atoms with van der Waals surface area (Å²) in [6.45, 7) is 4.51. The van der Waals surface area contributed by atoms with Crippen molar-refractivity contribution in [2.75, 3.05) is 13.1 Å². The largest absolute Gasteiger partial charge is 0.476 e. The monoisotopic (exact) mass is 333 g/mol. The Hall–Kier alpha value is -1.83. The molecule has 0 aliphatic carbocycles. The molecule has 0 saturated carbocycles. The Kier molecular flexibility index (Phi) is 4.08. The Balaban J connectivity index is 1.99. The lowest BCUT2D eigenvalue weighted by Gasteiger charge is -2.44. The number of aromatic carboxylic acids is 1. The molecule has 0 spiro atoms. The van der Waals surface area contributed by atoms with Gasteiger partial charge in [-0.2, -0.15) is 5.10 Å². The number of hydrogen-bond donors (Lipinski definition) is 1. The highest BCUT2D eigenvalue weighted by Crippen LogP contribution is 2.30. The number of rotatable bonds is 3. The van der Waals surface area contributed by atoms with E-state index in [0.717, 1.165) is 10.9 Å². The molecule has 0 atom stereocenters. The maximum atomic E-state index is 14.5. The fourth-order valence-corrected chi connectivity index (χ4v) is 2.38. The van der Waals surface area contributed by atoms with Crippen molar-refractivity contribution in [1.82, 2.24) is 14.7 Å². The van der Waals surface area contributed by atoms with Crippen molar-refractivity contribution < 1.29 is 23.8 Å². The number of hydrogen-bond acceptors (Lipinski definition) is 4. The lowest BCUT2D eigenvalue weighted by atomic mass is 9.97. The van der Waals surface area contributed by atoms with Crippen LogP contribution in [0.25, 0.3) is 0 Å². The molecule has 0 bridgehead atoms. The fourth-order valence-electron chi connectivity index (χ4n) is 2.16. The molecule has 1 fully saturated rings. The van der Waals surface area contributed by atoms with Gasteiger partial charge in [0.25, 0.3) is 0 Å². The summed E-state index contributed by atoms with van der Waals surface area (Å²) in [4.78, 5) is 24.1. The van der Waals surface area contributed by atoms with E-state index in [4.69, 9.17) is 21.4 Å². The Morgan fingerprint density at radius 1 is 1.50 bits per heavy atom. The molecule has 1 aromatic heterocycles. The minimum absolute atomic E-state index is 0.0561. The lowest BCUT2D eigenvalue weighted by Crippen LogP contribution is -2.63. The van der Waals surface area contributed by atoms with E-state index in [0.29, 0.717) is 0 Å². The van der Waals surface area contributed by atoms with Crippen molar-refractivity contribution in [2.24, 2.45) is 0 Å². The smallest absolute Gasteiger partial charge is 0.410 e. The van der Waals surface area contributed by atoms with Gasteiger partial charge in [0.1, 0.15) is 5.60 Å². The van der Waals surface area contributed by atoms with Crippen LogP contribution in [-0.2, 0) is 11.3 Å². The van der Waals surface area contributed by atoms with Gasteiger partial charge in [0.15, 0.2) is 11.4 Å². The van der Waals surface area contributed by atoms with Crippen LogP contribution in [0.4, 0.5) is 9.18 Å². The van der Waals surface area contributed by atoms with E-state index in [2.05, 4.69) is 5.10 Å². The van der Waals surface area contributed by atoms with Crippen LogP contribution < -0.4 is 0 Å². The van der Waals surface area contributed by atoms with Crippen molar-refractivity contribution in [1.29, 1.82) is 0 Å². The molecule has 9 heteroatoms. The standard InChI is InChI=1S/C13H17ClFN3O4/c1-12(2,3)22-11(21)17-5-13(15,6-17)7-18-9(10(19)20)8(14)4-16-18/h4H,5-7H2,1-3H3,(H,19,20). The molecule has 0 radical (unpaired) electrons. The van der Waals surface area contributed by atoms with Crippen molar-refractivity contribution in [3.8, 4) is 0 Å². The summed E-state index contributed by atoms with van der Waals surface area (Å²) in [6, 6.07) is 0. The summed E-state index contributed by atoms with van der Waals surface area (Å²) in [5, 5.41) is 12.7. The number of alkyl halides is 1. The van der Waals surface area contributed by atoms with Crippen LogP contribution in [0.2, 0.25) is 5.02 Å². The number of carboxylic acids is 1. The number of halogens is 2. The molecule has 1 saturated heterocycles. The van der Waals surface area contributed by atoms with Crippen LogP contribution >= 0.6 is 11.6 Å². The first-order valence-corrected chi connectivity index (χ1v) is 7.00. The van der Waals surface area contributed by atoms with Crippen molar-refractivity contribution >= 4 is 23.7 Å². The number of carboxylic acid groups (broad SMARTS) is 1. The number of ether oxygens (including phenoxy) is 1. The maximum absolute atomic E-state index is 14.5. The first-order chi connectivity index (χ1) is 10.0. The van der Waals surface area contributed by atoms with Gasteiger partial charge < -0.3 is 14.7 Å². The Labute approximate surface area is 131 Å². The van der Waals surface area contributed by atoms with Gasteiger partial charge >= 0.3 is 12.1 Å². The van der Waals surface area contributed by atoms with Gasteiger partial charge in [-0.05, 0) is 20.8 Å². The predicted octanol–water partition coefficient (Wildman–Crippen LogP) is 2.19. The average Bonchev–Trinajstić information content (AvgIpc) is 2.64. The Bertz CT molecular complexity index is 605. The van der Waals surface area contributed by atoms with Gasteiger partial charge in [-0.15, -0.1) is 0 Å². The van der Waals surface area contributed by atoms with E-state index in [-0.39, 0.29) is 30.4 Å². The zero-order valence-corrected chi connectivity index (χ0v) is 13.2. The molecule has 0 aromatic carbocycles. The van der Waals surface area contributed by atoms with Crippen LogP contribution in [0, 0.1) is 0 Å². The van der Waals surface area contributed by atoms with E-state index < -0.39 is 23.3 Å². The van der Waals surface area contributed by atoms with Crippen molar-refractivity contribution in [2.45, 2.75) is 38.6 Å². The number of carbonyl (C=O) groups excluding carboxylic acids is 1. The van der Waals surface area contributed by atoms with Crippen LogP contribution in [0.1, 0.15) is 31.3 Å². The highest BCUT2D eigenvalue weighted by molar-refractivity contribution is 6.33. The summed E-state index contributed by atoms with van der Waals surface area (Å²) >= 11 is 5.71. The molecule has 0 unspecified atom stereocenters. The molecule has 122 valence electrons. The summed E-state index contributed by atoms with van der Waals surface area (Å²) in [5.74, 6) is -1.28. The fraction of sp³-hybridized carbons (Fsp3) is 0.615. The van der Waals surface area contributed by atoms with Crippen molar-refractivity contribution in [3.05, 3.63) is 16.9 Å². The lowest BCUT2D eigenvalue weighted by molar-refractivity contribution is -0.0595. The van der Waals surface area contributed by atoms with E-state index in [1.807, 2.05) is 0 Å². The van der Waals surface area contributed by atoms with Gasteiger partial charge in [-0.25, -0.2) is 14.0 Å². The van der Waals surface area contributed by atoms with Gasteiger partial charge in [0.05, 0.1) is 30.9 Å². The first kappa shape index (κ1) is 16.5. The zero-order valence-electron chi connectivity index (χ0n) is 12.5. The van der Waals surface area contributed by atoms with Gasteiger partial charge in [-0.3, -0.25) is 4.68 Å². The number of nitrogens with zero attached hydrogens (tertiary/aromatic N) is 3. The third kappa shape index (κ3) is 3.49. The first-order valence-electron chi connectivity index (χ1n) is 6.62. The van der Waals surface area contributed by atoms with Crippen LogP contribution in [0.5, 0.6) is 0 Å². The zero-order chi connectivity index (χ0) is 16.7. The third-order valence-electron chi connectivity index (χ3n) is 3.03. The second-order valence-corrected chi connectivity index (χ2v) is 6.70. The second kappa shape index (κ2) is 5.42. The van der Waals surface area contributed by atoms with Crippen LogP contribution in [0.3, 0.4) is 0 Å².